The van der Waals surface area contributed by atoms with Crippen molar-refractivity contribution in [2.45, 2.75) is 0 Å². The first-order valence-electron chi connectivity index (χ1n) is 6.57. The molecule has 2 heterocycles. The SMILES string of the molecule is COc1cc(-n2ccnc2-c2cnsc2)ccc1NS(C)(=O)=O. The number of rotatable bonds is 5. The smallest absolute Gasteiger partial charge is 0.229 e. The van der Waals surface area contributed by atoms with Crippen LogP contribution in [-0.4, -0.2) is 35.7 Å². The van der Waals surface area contributed by atoms with Crippen LogP contribution in [0, 0.1) is 0 Å². The predicted molar refractivity (Wildman–Crippen MR) is 89.7 cm³/mol. The van der Waals surface area contributed by atoms with Gasteiger partial charge in [0.25, 0.3) is 0 Å². The van der Waals surface area contributed by atoms with Crippen molar-refractivity contribution in [2.24, 2.45) is 0 Å². The van der Waals surface area contributed by atoms with Gasteiger partial charge < -0.3 is 4.74 Å². The van der Waals surface area contributed by atoms with Crippen molar-refractivity contribution in [1.82, 2.24) is 13.9 Å². The maximum absolute atomic E-state index is 11.4. The Hall–Kier alpha value is -2.39. The molecule has 0 spiro atoms. The molecule has 0 atom stereocenters. The lowest BCUT2D eigenvalue weighted by molar-refractivity contribution is 0.416. The van der Waals surface area contributed by atoms with Crippen LogP contribution in [0.25, 0.3) is 17.1 Å². The van der Waals surface area contributed by atoms with Crippen molar-refractivity contribution in [3.8, 4) is 22.8 Å². The van der Waals surface area contributed by atoms with Crippen LogP contribution >= 0.6 is 11.5 Å². The van der Waals surface area contributed by atoms with E-state index in [9.17, 15) is 8.42 Å². The van der Waals surface area contributed by atoms with Crippen molar-refractivity contribution in [3.05, 3.63) is 42.2 Å². The number of benzene rings is 1. The average Bonchev–Trinajstić information content (AvgIpc) is 3.16. The molecule has 0 aliphatic heterocycles. The lowest BCUT2D eigenvalue weighted by Gasteiger charge is -2.13. The Bertz CT molecular complexity index is 917. The number of hydrogen-bond acceptors (Lipinski definition) is 6. The Morgan fingerprint density at radius 1 is 1.35 bits per heavy atom. The van der Waals surface area contributed by atoms with E-state index in [1.807, 2.05) is 16.1 Å². The monoisotopic (exact) mass is 350 g/mol. The summed E-state index contributed by atoms with van der Waals surface area (Å²) in [5.41, 5.74) is 2.11. The highest BCUT2D eigenvalue weighted by Gasteiger charge is 2.13. The standard InChI is InChI=1S/C14H14N4O3S2/c1-21-13-7-11(3-4-12(13)17-23(2,19)20)18-6-5-15-14(18)10-8-16-22-9-10/h3-9,17H,1-2H3. The molecular weight excluding hydrogens is 336 g/mol. The zero-order valence-corrected chi connectivity index (χ0v) is 14.1. The van der Waals surface area contributed by atoms with Gasteiger partial charge in [0.15, 0.2) is 0 Å². The molecular formula is C14H14N4O3S2. The van der Waals surface area contributed by atoms with E-state index in [4.69, 9.17) is 4.74 Å². The molecule has 0 amide bonds. The molecule has 0 aliphatic rings. The number of anilines is 1. The van der Waals surface area contributed by atoms with Gasteiger partial charge in [0.1, 0.15) is 11.6 Å². The Labute approximate surface area is 137 Å². The lowest BCUT2D eigenvalue weighted by atomic mass is 10.2. The fraction of sp³-hybridized carbons (Fsp3) is 0.143. The van der Waals surface area contributed by atoms with Gasteiger partial charge in [-0.3, -0.25) is 9.29 Å². The molecule has 0 saturated carbocycles. The fourth-order valence-corrected chi connectivity index (χ4v) is 3.24. The van der Waals surface area contributed by atoms with E-state index in [0.29, 0.717) is 11.4 Å². The number of nitrogens with zero attached hydrogens (tertiary/aromatic N) is 3. The molecule has 0 saturated heterocycles. The van der Waals surface area contributed by atoms with Gasteiger partial charge in [-0.25, -0.2) is 17.8 Å². The third-order valence-electron chi connectivity index (χ3n) is 3.09. The number of hydrogen-bond donors (Lipinski definition) is 1. The first-order valence-corrected chi connectivity index (χ1v) is 9.30. The van der Waals surface area contributed by atoms with Crippen LogP contribution in [-0.2, 0) is 10.0 Å². The minimum absolute atomic E-state index is 0.387. The number of imidazole rings is 1. The maximum Gasteiger partial charge on any atom is 0.229 e. The summed E-state index contributed by atoms with van der Waals surface area (Å²) >= 11 is 1.35. The van der Waals surface area contributed by atoms with Crippen LogP contribution in [0.15, 0.2) is 42.2 Å². The second kappa shape index (κ2) is 6.01. The number of sulfonamides is 1. The summed E-state index contributed by atoms with van der Waals surface area (Å²) in [6.45, 7) is 0. The zero-order valence-electron chi connectivity index (χ0n) is 12.4. The van der Waals surface area contributed by atoms with E-state index in [1.165, 1.54) is 18.6 Å². The van der Waals surface area contributed by atoms with E-state index in [1.54, 1.807) is 30.6 Å². The lowest BCUT2D eigenvalue weighted by Crippen LogP contribution is -2.10. The summed E-state index contributed by atoms with van der Waals surface area (Å²) in [5, 5.41) is 1.91. The quantitative estimate of drug-likeness (QED) is 0.763. The van der Waals surface area contributed by atoms with E-state index < -0.39 is 10.0 Å². The van der Waals surface area contributed by atoms with Crippen LogP contribution in [0.3, 0.4) is 0 Å². The Morgan fingerprint density at radius 2 is 2.17 bits per heavy atom. The average molecular weight is 350 g/mol. The van der Waals surface area contributed by atoms with Gasteiger partial charge in [0.2, 0.25) is 10.0 Å². The largest absolute Gasteiger partial charge is 0.494 e. The Morgan fingerprint density at radius 3 is 2.83 bits per heavy atom. The van der Waals surface area contributed by atoms with Crippen molar-refractivity contribution < 1.29 is 13.2 Å². The molecule has 3 aromatic rings. The van der Waals surface area contributed by atoms with Crippen LogP contribution in [0.5, 0.6) is 5.75 Å². The van der Waals surface area contributed by atoms with E-state index in [-0.39, 0.29) is 0 Å². The van der Waals surface area contributed by atoms with Gasteiger partial charge in [0.05, 0.1) is 30.9 Å². The molecule has 7 nitrogen and oxygen atoms in total. The minimum atomic E-state index is -3.38. The Balaban J connectivity index is 2.04. The first kappa shape index (κ1) is 15.5. The van der Waals surface area contributed by atoms with E-state index in [2.05, 4.69) is 14.1 Å². The maximum atomic E-state index is 11.4. The normalized spacial score (nSPS) is 11.4. The van der Waals surface area contributed by atoms with E-state index >= 15 is 0 Å². The number of nitrogens with one attached hydrogen (secondary N) is 1. The molecule has 23 heavy (non-hydrogen) atoms. The Kier molecular flexibility index (Phi) is 4.05. The summed E-state index contributed by atoms with van der Waals surface area (Å²) < 4.78 is 36.5. The third kappa shape index (κ3) is 3.35. The van der Waals surface area contributed by atoms with E-state index in [0.717, 1.165) is 23.3 Å². The van der Waals surface area contributed by atoms with Gasteiger partial charge in [-0.2, -0.15) is 0 Å². The van der Waals surface area contributed by atoms with Gasteiger partial charge >= 0.3 is 0 Å². The molecule has 0 fully saturated rings. The summed E-state index contributed by atoms with van der Waals surface area (Å²) in [5.74, 6) is 1.18. The highest BCUT2D eigenvalue weighted by Crippen LogP contribution is 2.30. The topological polar surface area (TPSA) is 86.1 Å². The first-order chi connectivity index (χ1) is 11.0. The third-order valence-corrected chi connectivity index (χ3v) is 4.27. The second-order valence-electron chi connectivity index (χ2n) is 4.79. The fourth-order valence-electron chi connectivity index (χ4n) is 2.15. The van der Waals surface area contributed by atoms with Crippen LogP contribution in [0.1, 0.15) is 0 Å². The van der Waals surface area contributed by atoms with Crippen LogP contribution in [0.2, 0.25) is 0 Å². The number of aromatic nitrogens is 3. The summed E-state index contributed by atoms with van der Waals surface area (Å²) in [4.78, 5) is 4.35. The van der Waals surface area contributed by atoms with Crippen LogP contribution < -0.4 is 9.46 Å². The summed E-state index contributed by atoms with van der Waals surface area (Å²) in [7, 11) is -1.89. The molecule has 3 rings (SSSR count). The molecule has 0 bridgehead atoms. The van der Waals surface area contributed by atoms with Gasteiger partial charge in [-0.1, -0.05) is 0 Å². The van der Waals surface area contributed by atoms with Crippen molar-refractivity contribution in [3.63, 3.8) is 0 Å². The van der Waals surface area contributed by atoms with Gasteiger partial charge in [0, 0.05) is 29.4 Å². The van der Waals surface area contributed by atoms with Gasteiger partial charge in [-0.15, -0.1) is 0 Å². The summed E-state index contributed by atoms with van der Waals surface area (Å²) in [6.07, 6.45) is 6.37. The summed E-state index contributed by atoms with van der Waals surface area (Å²) in [6, 6.07) is 5.20. The molecule has 120 valence electrons. The molecule has 1 N–H and O–H groups in total. The highest BCUT2D eigenvalue weighted by molar-refractivity contribution is 7.92. The number of ether oxygens (including phenoxy) is 1. The molecule has 1 aromatic carbocycles. The molecule has 0 radical (unpaired) electrons. The molecule has 2 aromatic heterocycles. The molecule has 0 unspecified atom stereocenters. The number of methoxy groups -OCH3 is 1. The van der Waals surface area contributed by atoms with Crippen molar-refractivity contribution >= 4 is 27.2 Å². The van der Waals surface area contributed by atoms with Crippen LogP contribution in [0.4, 0.5) is 5.69 Å². The van der Waals surface area contributed by atoms with Crippen molar-refractivity contribution in [2.75, 3.05) is 18.1 Å². The van der Waals surface area contributed by atoms with Gasteiger partial charge in [-0.05, 0) is 23.7 Å². The zero-order chi connectivity index (χ0) is 16.4. The molecule has 0 aliphatic carbocycles. The highest BCUT2D eigenvalue weighted by atomic mass is 32.2. The predicted octanol–water partition coefficient (Wildman–Crippen LogP) is 2.38. The molecule has 9 heteroatoms. The second-order valence-corrected chi connectivity index (χ2v) is 7.20. The minimum Gasteiger partial charge on any atom is -0.494 e. The van der Waals surface area contributed by atoms with Crippen molar-refractivity contribution in [1.29, 1.82) is 0 Å².